The van der Waals surface area contributed by atoms with Crippen LogP contribution in [0.4, 0.5) is 0 Å². The van der Waals surface area contributed by atoms with Crippen molar-refractivity contribution < 1.29 is 47.9 Å². The minimum Gasteiger partial charge on any atom is -0.496 e. The minimum atomic E-state index is -4.79. The van der Waals surface area contributed by atoms with E-state index in [1.165, 1.54) is 4.90 Å². The number of aliphatic hydroxyl groups is 1. The van der Waals surface area contributed by atoms with Gasteiger partial charge in [0.05, 0.1) is 18.6 Å². The van der Waals surface area contributed by atoms with E-state index in [4.69, 9.17) is 14.5 Å². The summed E-state index contributed by atoms with van der Waals surface area (Å²) in [6.07, 6.45) is 3.15. The molecule has 3 amide bonds. The summed E-state index contributed by atoms with van der Waals surface area (Å²) in [4.78, 5) is 77.8. The maximum Gasteiger partial charge on any atom is 0.471 e. The highest BCUT2D eigenvalue weighted by Crippen LogP contribution is 2.61. The van der Waals surface area contributed by atoms with Gasteiger partial charge in [-0.3, -0.25) is 23.7 Å². The summed E-state index contributed by atoms with van der Waals surface area (Å²) < 4.78 is 21.0. The van der Waals surface area contributed by atoms with E-state index in [-0.39, 0.29) is 30.7 Å². The molecule has 2 aromatic rings. The highest BCUT2D eigenvalue weighted by molar-refractivity contribution is 7.46. The van der Waals surface area contributed by atoms with Gasteiger partial charge in [0, 0.05) is 29.9 Å². The van der Waals surface area contributed by atoms with Crippen molar-refractivity contribution in [3.8, 4) is 5.75 Å². The zero-order valence-corrected chi connectivity index (χ0v) is 24.5. The predicted octanol–water partition coefficient (Wildman–Crippen LogP) is 0.769. The van der Waals surface area contributed by atoms with Gasteiger partial charge in [0.1, 0.15) is 30.8 Å². The van der Waals surface area contributed by atoms with E-state index in [9.17, 15) is 28.8 Å². The number of rotatable bonds is 10. The van der Waals surface area contributed by atoms with Gasteiger partial charge in [-0.05, 0) is 55.7 Å². The molecule has 1 unspecified atom stereocenters. The van der Waals surface area contributed by atoms with E-state index in [2.05, 4.69) is 14.8 Å². The first-order valence-electron chi connectivity index (χ1n) is 14.4. The van der Waals surface area contributed by atoms with Gasteiger partial charge >= 0.3 is 7.82 Å². The molecule has 1 aromatic carbocycles. The van der Waals surface area contributed by atoms with Gasteiger partial charge in [-0.1, -0.05) is 12.5 Å². The number of carbonyl (C=O) groups excluding carboxylic acids is 4. The number of phosphoric acid groups is 1. The number of methoxy groups -OCH3 is 1. The Kier molecular flexibility index (Phi) is 7.62. The highest BCUT2D eigenvalue weighted by Gasteiger charge is 2.67. The smallest absolute Gasteiger partial charge is 0.471 e. The number of ether oxygens (including phenoxy) is 1. The Bertz CT molecular complexity index is 1520. The summed E-state index contributed by atoms with van der Waals surface area (Å²) in [5.74, 6) is -1.85. The summed E-state index contributed by atoms with van der Waals surface area (Å²) in [5.41, 5.74) is 0.0405. The average molecular weight is 619 g/mol. The van der Waals surface area contributed by atoms with Gasteiger partial charge < -0.3 is 39.7 Å². The van der Waals surface area contributed by atoms with E-state index in [0.29, 0.717) is 24.4 Å². The Morgan fingerprint density at radius 2 is 2.05 bits per heavy atom. The maximum absolute atomic E-state index is 14.0. The average Bonchev–Trinajstić information content (AvgIpc) is 3.38. The number of ketones is 1. The van der Waals surface area contributed by atoms with Crippen molar-refractivity contribution in [2.45, 2.75) is 44.2 Å². The number of amides is 3. The number of nitrogens with zero attached hydrogens (tertiary/aromatic N) is 2. The molecule has 4 aliphatic rings. The van der Waals surface area contributed by atoms with Crippen LogP contribution in [-0.4, -0.2) is 98.8 Å². The lowest BCUT2D eigenvalue weighted by atomic mass is 9.92. The Balaban J connectivity index is 1.22. The summed E-state index contributed by atoms with van der Waals surface area (Å²) in [7, 11) is -3.24. The number of hydrogen-bond acceptors (Lipinski definition) is 8. The fraction of sp³-hybridized carbons (Fsp3) is 0.571. The van der Waals surface area contributed by atoms with E-state index in [1.807, 2.05) is 12.1 Å². The minimum absolute atomic E-state index is 0.0886. The van der Waals surface area contributed by atoms with Crippen LogP contribution in [0.15, 0.2) is 24.3 Å². The molecule has 43 heavy (non-hydrogen) atoms. The van der Waals surface area contributed by atoms with E-state index >= 15 is 0 Å². The lowest BCUT2D eigenvalue weighted by Gasteiger charge is -2.29. The third-order valence-electron chi connectivity index (χ3n) is 9.75. The molecule has 232 valence electrons. The number of nitrogens with one attached hydrogen (secondary N) is 2. The molecule has 15 heteroatoms. The topological polar surface area (TPSA) is 199 Å². The van der Waals surface area contributed by atoms with Crippen LogP contribution in [-0.2, 0) is 23.5 Å². The van der Waals surface area contributed by atoms with E-state index in [1.54, 1.807) is 24.1 Å². The molecular formula is C28H35N4O10P. The summed E-state index contributed by atoms with van der Waals surface area (Å²) in [6.45, 7) is -0.863. The molecule has 0 bridgehead atoms. The Morgan fingerprint density at radius 1 is 1.26 bits per heavy atom. The van der Waals surface area contributed by atoms with Crippen LogP contribution in [0.5, 0.6) is 5.75 Å². The zero-order chi connectivity index (χ0) is 30.7. The number of aliphatic hydroxyl groups excluding tert-OH is 1. The van der Waals surface area contributed by atoms with Gasteiger partial charge in [-0.2, -0.15) is 0 Å². The Morgan fingerprint density at radius 3 is 2.77 bits per heavy atom. The second-order valence-electron chi connectivity index (χ2n) is 12.0. The molecule has 3 heterocycles. The van der Waals surface area contributed by atoms with Gasteiger partial charge in [0.2, 0.25) is 11.8 Å². The van der Waals surface area contributed by atoms with Crippen molar-refractivity contribution in [2.75, 3.05) is 33.5 Å². The fourth-order valence-electron chi connectivity index (χ4n) is 7.60. The molecule has 6 atom stereocenters. The molecule has 1 aromatic heterocycles. The van der Waals surface area contributed by atoms with Crippen LogP contribution in [0.25, 0.3) is 10.9 Å². The largest absolute Gasteiger partial charge is 0.496 e. The molecule has 6 rings (SSSR count). The normalized spacial score (nSPS) is 28.9. The summed E-state index contributed by atoms with van der Waals surface area (Å²) in [6, 6.07) is 5.16. The van der Waals surface area contributed by atoms with Crippen LogP contribution in [0.3, 0.4) is 0 Å². The third kappa shape index (κ3) is 5.25. The number of hydrogen-bond donors (Lipinski definition) is 5. The van der Waals surface area contributed by atoms with Crippen LogP contribution >= 0.6 is 7.82 Å². The molecule has 1 spiro atoms. The molecule has 2 aliphatic carbocycles. The Hall–Kier alpha value is -3.29. The van der Waals surface area contributed by atoms with Crippen molar-refractivity contribution in [2.24, 2.45) is 23.2 Å². The zero-order valence-electron chi connectivity index (χ0n) is 23.6. The standard InChI is InChI=1S/C28H35N4O10P/c1-41-22-7-3-6-19-17(22)10-20(29-19)26(36)32-12-15-4-2-5-16(15)24(32)25(35)30-23(21(34)13-33)18-11-28(18)8-9-31(27(28)37)14-42-43(38,39)40/h3,6-7,10,15-16,18,23-24,29,33H,2,4-5,8-9,11-14H2,1H3,(H,30,35)(H2,38,39,40)/t15-,16-,18?,23-,24-,28-/m0/s1. The predicted molar refractivity (Wildman–Crippen MR) is 149 cm³/mol. The second-order valence-corrected chi connectivity index (χ2v) is 13.2. The number of Topliss-reactive ketones (excluding diaryl/α,β-unsaturated/α-hetero) is 1. The molecule has 2 saturated carbocycles. The monoisotopic (exact) mass is 618 g/mol. The van der Waals surface area contributed by atoms with Crippen LogP contribution in [0, 0.1) is 23.2 Å². The number of fused-ring (bicyclic) bond motifs is 2. The number of phosphoric ester groups is 1. The van der Waals surface area contributed by atoms with Crippen LogP contribution in [0.1, 0.15) is 42.6 Å². The second kappa shape index (κ2) is 11.0. The summed E-state index contributed by atoms with van der Waals surface area (Å²) in [5, 5.41) is 13.3. The van der Waals surface area contributed by atoms with Gasteiger partial charge in [-0.25, -0.2) is 4.57 Å². The number of likely N-dealkylation sites (tertiary alicyclic amines) is 2. The van der Waals surface area contributed by atoms with Gasteiger partial charge in [-0.15, -0.1) is 0 Å². The fourth-order valence-corrected chi connectivity index (χ4v) is 7.89. The first kappa shape index (κ1) is 29.8. The maximum atomic E-state index is 14.0. The molecule has 5 N–H and O–H groups in total. The first-order valence-corrected chi connectivity index (χ1v) is 15.9. The molecule has 0 radical (unpaired) electrons. The van der Waals surface area contributed by atoms with Gasteiger partial charge in [0.25, 0.3) is 5.91 Å². The molecule has 2 saturated heterocycles. The van der Waals surface area contributed by atoms with E-state index < -0.39 is 62.2 Å². The summed E-state index contributed by atoms with van der Waals surface area (Å²) >= 11 is 0. The number of benzene rings is 1. The van der Waals surface area contributed by atoms with Crippen LogP contribution < -0.4 is 10.1 Å². The molecule has 4 fully saturated rings. The molecular weight excluding hydrogens is 583 g/mol. The van der Waals surface area contributed by atoms with Crippen molar-refractivity contribution in [3.05, 3.63) is 30.0 Å². The third-order valence-corrected chi connectivity index (χ3v) is 10.2. The molecule has 2 aliphatic heterocycles. The van der Waals surface area contributed by atoms with Crippen molar-refractivity contribution in [3.63, 3.8) is 0 Å². The molecule has 14 nitrogen and oxygen atoms in total. The van der Waals surface area contributed by atoms with Crippen LogP contribution in [0.2, 0.25) is 0 Å². The number of carbonyl (C=O) groups is 4. The number of aromatic amines is 1. The van der Waals surface area contributed by atoms with E-state index in [0.717, 1.165) is 30.2 Å². The first-order chi connectivity index (χ1) is 20.5. The quantitative estimate of drug-likeness (QED) is 0.237. The number of H-pyrrole nitrogens is 1. The lowest BCUT2D eigenvalue weighted by molar-refractivity contribution is -0.136. The van der Waals surface area contributed by atoms with Crippen molar-refractivity contribution in [1.82, 2.24) is 20.1 Å². The van der Waals surface area contributed by atoms with Crippen molar-refractivity contribution >= 4 is 42.2 Å². The van der Waals surface area contributed by atoms with Crippen molar-refractivity contribution in [1.29, 1.82) is 0 Å². The van der Waals surface area contributed by atoms with Gasteiger partial charge in [0.15, 0.2) is 5.78 Å². The highest BCUT2D eigenvalue weighted by atomic mass is 31.2. The number of aromatic nitrogens is 1. The lowest BCUT2D eigenvalue weighted by Crippen LogP contribution is -2.54. The SMILES string of the molecule is COc1cccc2[nH]c(C(=O)N3C[C@@H]4CCC[C@@H]4[C@H]3C(=O)N[C@H](C(=O)CO)C3C[C@@]34CCN(COP(=O)(O)O)C4=O)cc12. The Labute approximate surface area is 246 Å².